The van der Waals surface area contributed by atoms with Crippen molar-refractivity contribution < 1.29 is 69.0 Å². The van der Waals surface area contributed by atoms with Crippen LogP contribution in [0.5, 0.6) is 0 Å². The Kier molecular flexibility index (Phi) is 38.1. The minimum Gasteiger partial charge on any atom is -0.457 e. The standard InChI is InChI=1S/C55H94O14/c1-3-5-7-9-11-13-15-17-19-20-21-22-23-24-25-26-28-30-32-34-36-38-47(57)67-44(41-64-39-37-35-33-31-29-27-18-16-14-12-10-8-6-4-2)42-65-54-53(63)51(61)49(59)46(69-54)43-66-55-52(62)50(60)48(58)45(40-56)68-55/h5,7,11,13-14,16-17,19,21-22,24-25,44-46,48-56,58-63H,3-4,6,8-10,12,15,18,20,23,26-43H2,1-2H3/b7-5-,13-11-,16-14-,19-17-,22-21-,25-24-. The lowest BCUT2D eigenvalue weighted by molar-refractivity contribution is -0.332. The maximum atomic E-state index is 13.0. The van der Waals surface area contributed by atoms with Gasteiger partial charge in [-0.15, -0.1) is 0 Å². The normalized spacial score (nSPS) is 26.3. The molecule has 69 heavy (non-hydrogen) atoms. The predicted molar refractivity (Wildman–Crippen MR) is 270 cm³/mol. The summed E-state index contributed by atoms with van der Waals surface area (Å²) in [5.41, 5.74) is 0. The van der Waals surface area contributed by atoms with Crippen molar-refractivity contribution in [2.24, 2.45) is 0 Å². The van der Waals surface area contributed by atoms with Gasteiger partial charge in [0.25, 0.3) is 0 Å². The molecular weight excluding hydrogens is 885 g/mol. The van der Waals surface area contributed by atoms with Crippen LogP contribution in [0.4, 0.5) is 0 Å². The highest BCUT2D eigenvalue weighted by molar-refractivity contribution is 5.69. The molecule has 0 amide bonds. The van der Waals surface area contributed by atoms with E-state index in [0.717, 1.165) is 89.9 Å². The maximum absolute atomic E-state index is 13.0. The van der Waals surface area contributed by atoms with E-state index < -0.39 is 86.7 Å². The third-order valence-corrected chi connectivity index (χ3v) is 12.2. The summed E-state index contributed by atoms with van der Waals surface area (Å²) in [6.45, 7) is 3.50. The summed E-state index contributed by atoms with van der Waals surface area (Å²) in [7, 11) is 0. The molecule has 0 aromatic heterocycles. The molecular formula is C55H94O14. The molecule has 0 aromatic rings. The Morgan fingerprint density at radius 3 is 1.49 bits per heavy atom. The smallest absolute Gasteiger partial charge is 0.306 e. The lowest BCUT2D eigenvalue weighted by Gasteiger charge is -2.42. The number of aliphatic hydroxyl groups excluding tert-OH is 7. The fourth-order valence-electron chi connectivity index (χ4n) is 7.89. The number of allylic oxidation sites excluding steroid dienone is 12. The van der Waals surface area contributed by atoms with Crippen molar-refractivity contribution in [3.63, 3.8) is 0 Å². The molecule has 0 spiro atoms. The highest BCUT2D eigenvalue weighted by atomic mass is 16.7. The van der Waals surface area contributed by atoms with Crippen LogP contribution < -0.4 is 0 Å². The number of ether oxygens (including phenoxy) is 6. The van der Waals surface area contributed by atoms with Crippen molar-refractivity contribution >= 4 is 5.97 Å². The van der Waals surface area contributed by atoms with Crippen LogP contribution in [0.15, 0.2) is 72.9 Å². The van der Waals surface area contributed by atoms with E-state index in [0.29, 0.717) is 13.0 Å². The Balaban J connectivity index is 1.77. The summed E-state index contributed by atoms with van der Waals surface area (Å²) in [5, 5.41) is 72.2. The van der Waals surface area contributed by atoms with Gasteiger partial charge < -0.3 is 64.2 Å². The summed E-state index contributed by atoms with van der Waals surface area (Å²) < 4.78 is 34.3. The van der Waals surface area contributed by atoms with E-state index in [1.807, 2.05) is 0 Å². The van der Waals surface area contributed by atoms with Crippen LogP contribution in [0.2, 0.25) is 0 Å². The minimum atomic E-state index is -1.71. The van der Waals surface area contributed by atoms with E-state index in [2.05, 4.69) is 86.8 Å². The van der Waals surface area contributed by atoms with E-state index in [1.165, 1.54) is 51.4 Å². The first kappa shape index (κ1) is 62.5. The quantitative estimate of drug-likeness (QED) is 0.0175. The number of unbranched alkanes of at least 4 members (excludes halogenated alkanes) is 15. The Bertz CT molecular complexity index is 1410. The molecule has 14 nitrogen and oxygen atoms in total. The Morgan fingerprint density at radius 1 is 0.493 bits per heavy atom. The summed E-state index contributed by atoms with van der Waals surface area (Å²) in [4.78, 5) is 13.0. The monoisotopic (exact) mass is 979 g/mol. The van der Waals surface area contributed by atoms with Crippen LogP contribution in [0.25, 0.3) is 0 Å². The van der Waals surface area contributed by atoms with Gasteiger partial charge in [0.05, 0.1) is 26.4 Å². The lowest BCUT2D eigenvalue weighted by atomic mass is 9.98. The second-order valence-corrected chi connectivity index (χ2v) is 18.3. The SMILES string of the molecule is CC/C=C\C/C=C\C/C=C\C/C=C\C/C=C\CCCCCCCC(=O)OC(COCCCCCCCC/C=C\CCCCCC)COC1OC(COC2OC(CO)C(O)C(O)C2O)C(O)C(O)C1O. The van der Waals surface area contributed by atoms with Crippen LogP contribution in [-0.2, 0) is 33.2 Å². The fraction of sp³-hybridized carbons (Fsp3) is 0.764. The van der Waals surface area contributed by atoms with Crippen molar-refractivity contribution in [2.45, 2.75) is 235 Å². The third kappa shape index (κ3) is 29.5. The first-order chi connectivity index (χ1) is 33.6. The van der Waals surface area contributed by atoms with Crippen LogP contribution in [0.3, 0.4) is 0 Å². The van der Waals surface area contributed by atoms with Crippen molar-refractivity contribution in [2.75, 3.05) is 33.0 Å². The molecule has 7 N–H and O–H groups in total. The van der Waals surface area contributed by atoms with Gasteiger partial charge in [0.1, 0.15) is 54.9 Å². The molecule has 2 aliphatic rings. The van der Waals surface area contributed by atoms with Crippen LogP contribution in [0.1, 0.15) is 168 Å². The molecule has 11 unspecified atom stereocenters. The van der Waals surface area contributed by atoms with Crippen LogP contribution in [-0.4, -0.2) is 142 Å². The number of esters is 1. The molecule has 2 aliphatic heterocycles. The largest absolute Gasteiger partial charge is 0.457 e. The second kappa shape index (κ2) is 42.0. The number of carbonyl (C=O) groups excluding carboxylic acids is 1. The van der Waals surface area contributed by atoms with Crippen molar-refractivity contribution in [3.8, 4) is 0 Å². The average Bonchev–Trinajstić information content (AvgIpc) is 3.35. The average molecular weight is 979 g/mol. The Hall–Kier alpha value is -2.57. The number of hydrogen-bond acceptors (Lipinski definition) is 14. The molecule has 2 heterocycles. The number of hydrogen-bond donors (Lipinski definition) is 7. The van der Waals surface area contributed by atoms with E-state index in [-0.39, 0.29) is 19.6 Å². The van der Waals surface area contributed by atoms with Gasteiger partial charge >= 0.3 is 5.97 Å². The van der Waals surface area contributed by atoms with Gasteiger partial charge in [0.2, 0.25) is 0 Å². The highest BCUT2D eigenvalue weighted by Crippen LogP contribution is 2.26. The van der Waals surface area contributed by atoms with Gasteiger partial charge in [0, 0.05) is 13.0 Å². The van der Waals surface area contributed by atoms with Crippen LogP contribution in [0, 0.1) is 0 Å². The first-order valence-corrected chi connectivity index (χ1v) is 26.5. The van der Waals surface area contributed by atoms with Gasteiger partial charge in [-0.1, -0.05) is 151 Å². The zero-order valence-electron chi connectivity index (χ0n) is 42.3. The zero-order chi connectivity index (χ0) is 50.2. The Morgan fingerprint density at radius 2 is 0.942 bits per heavy atom. The molecule has 11 atom stereocenters. The van der Waals surface area contributed by atoms with Crippen molar-refractivity contribution in [1.82, 2.24) is 0 Å². The van der Waals surface area contributed by atoms with Crippen molar-refractivity contribution in [3.05, 3.63) is 72.9 Å². The van der Waals surface area contributed by atoms with E-state index in [9.17, 15) is 40.5 Å². The van der Waals surface area contributed by atoms with E-state index in [4.69, 9.17) is 28.4 Å². The fourth-order valence-corrected chi connectivity index (χ4v) is 7.89. The number of carbonyl (C=O) groups is 1. The molecule has 0 aromatic carbocycles. The summed E-state index contributed by atoms with van der Waals surface area (Å²) in [5.74, 6) is -0.399. The summed E-state index contributed by atoms with van der Waals surface area (Å²) >= 11 is 0. The molecule has 2 saturated heterocycles. The summed E-state index contributed by atoms with van der Waals surface area (Å²) in [6.07, 6.45) is 35.3. The van der Waals surface area contributed by atoms with Gasteiger partial charge in [-0.25, -0.2) is 0 Å². The topological polar surface area (TPSA) is 214 Å². The van der Waals surface area contributed by atoms with E-state index >= 15 is 0 Å². The van der Waals surface area contributed by atoms with E-state index in [1.54, 1.807) is 0 Å². The lowest BCUT2D eigenvalue weighted by Crippen LogP contribution is -2.61. The first-order valence-electron chi connectivity index (χ1n) is 26.5. The zero-order valence-corrected chi connectivity index (χ0v) is 42.3. The van der Waals surface area contributed by atoms with Gasteiger partial charge in [-0.2, -0.15) is 0 Å². The molecule has 2 fully saturated rings. The molecule has 0 radical (unpaired) electrons. The molecule has 2 rings (SSSR count). The number of aliphatic hydroxyl groups is 7. The molecule has 0 aliphatic carbocycles. The highest BCUT2D eigenvalue weighted by Gasteiger charge is 2.47. The molecule has 14 heteroatoms. The van der Waals surface area contributed by atoms with Gasteiger partial charge in [-0.05, 0) is 83.5 Å². The van der Waals surface area contributed by atoms with Crippen molar-refractivity contribution in [1.29, 1.82) is 0 Å². The minimum absolute atomic E-state index is 0.0456. The van der Waals surface area contributed by atoms with Gasteiger partial charge in [-0.3, -0.25) is 4.79 Å². The third-order valence-electron chi connectivity index (χ3n) is 12.2. The Labute approximate surface area is 415 Å². The predicted octanol–water partition coefficient (Wildman–Crippen LogP) is 8.29. The molecule has 398 valence electrons. The maximum Gasteiger partial charge on any atom is 0.306 e. The second-order valence-electron chi connectivity index (χ2n) is 18.3. The van der Waals surface area contributed by atoms with Crippen LogP contribution >= 0.6 is 0 Å². The molecule has 0 bridgehead atoms. The van der Waals surface area contributed by atoms with Gasteiger partial charge in [0.15, 0.2) is 12.6 Å². The number of rotatable bonds is 41. The summed E-state index contributed by atoms with van der Waals surface area (Å²) in [6, 6.07) is 0. The molecule has 0 saturated carbocycles.